The zero-order valence-electron chi connectivity index (χ0n) is 12.2. The van der Waals surface area contributed by atoms with Crippen LogP contribution in [0.2, 0.25) is 10.0 Å². The van der Waals surface area contributed by atoms with Gasteiger partial charge in [0, 0.05) is 16.8 Å². The number of hydrogen-bond acceptors (Lipinski definition) is 4. The third kappa shape index (κ3) is 3.63. The summed E-state index contributed by atoms with van der Waals surface area (Å²) in [7, 11) is 0. The monoisotopic (exact) mass is 351 g/mol. The van der Waals surface area contributed by atoms with Gasteiger partial charge in [0.05, 0.1) is 29.5 Å². The molecule has 2 aromatic carbocycles. The SMILES string of the molecule is Nc1ccc2c(c1)OCCN2CC(=O)Nc1cc(Cl)ccc1Cl. The molecular weight excluding hydrogens is 337 g/mol. The lowest BCUT2D eigenvalue weighted by Gasteiger charge is -2.30. The van der Waals surface area contributed by atoms with Gasteiger partial charge >= 0.3 is 0 Å². The Morgan fingerprint density at radius 3 is 2.91 bits per heavy atom. The number of halogens is 2. The Balaban J connectivity index is 1.73. The summed E-state index contributed by atoms with van der Waals surface area (Å²) in [5.41, 5.74) is 7.72. The molecule has 7 heteroatoms. The van der Waals surface area contributed by atoms with Gasteiger partial charge in [0.2, 0.25) is 5.91 Å². The lowest BCUT2D eigenvalue weighted by molar-refractivity contribution is -0.115. The summed E-state index contributed by atoms with van der Waals surface area (Å²) < 4.78 is 5.58. The highest BCUT2D eigenvalue weighted by molar-refractivity contribution is 6.35. The summed E-state index contributed by atoms with van der Waals surface area (Å²) in [4.78, 5) is 14.2. The van der Waals surface area contributed by atoms with Crippen molar-refractivity contribution in [1.29, 1.82) is 0 Å². The standard InChI is InChI=1S/C16H15Cl2N3O2/c17-10-1-3-12(18)13(7-10)20-16(22)9-21-5-6-23-15-8-11(19)2-4-14(15)21/h1-4,7-8H,5-6,9,19H2,(H,20,22). The van der Waals surface area contributed by atoms with Gasteiger partial charge in [-0.3, -0.25) is 4.79 Å². The van der Waals surface area contributed by atoms with Gasteiger partial charge < -0.3 is 20.7 Å². The number of hydrogen-bond donors (Lipinski definition) is 2. The lowest BCUT2D eigenvalue weighted by atomic mass is 10.2. The first-order valence-corrected chi connectivity index (χ1v) is 7.81. The molecule has 0 bridgehead atoms. The van der Waals surface area contributed by atoms with Gasteiger partial charge in [-0.15, -0.1) is 0 Å². The van der Waals surface area contributed by atoms with Crippen LogP contribution < -0.4 is 20.7 Å². The van der Waals surface area contributed by atoms with E-state index in [4.69, 9.17) is 33.7 Å². The molecule has 120 valence electrons. The number of carbonyl (C=O) groups excluding carboxylic acids is 1. The van der Waals surface area contributed by atoms with Gasteiger partial charge in [0.25, 0.3) is 0 Å². The van der Waals surface area contributed by atoms with Gasteiger partial charge in [-0.2, -0.15) is 0 Å². The molecule has 0 fully saturated rings. The zero-order valence-corrected chi connectivity index (χ0v) is 13.7. The van der Waals surface area contributed by atoms with Gasteiger partial charge in [-0.05, 0) is 30.3 Å². The molecule has 0 saturated carbocycles. The second-order valence-corrected chi connectivity index (χ2v) is 6.01. The number of ether oxygens (including phenoxy) is 1. The number of nitrogens with zero attached hydrogens (tertiary/aromatic N) is 1. The Labute approximate surface area is 143 Å². The molecule has 3 N–H and O–H groups in total. The molecule has 1 aliphatic rings. The summed E-state index contributed by atoms with van der Waals surface area (Å²) in [6, 6.07) is 10.3. The van der Waals surface area contributed by atoms with Crippen LogP contribution in [-0.2, 0) is 4.79 Å². The minimum atomic E-state index is -0.182. The van der Waals surface area contributed by atoms with Crippen molar-refractivity contribution in [3.8, 4) is 5.75 Å². The fourth-order valence-electron chi connectivity index (χ4n) is 2.41. The van der Waals surface area contributed by atoms with E-state index in [1.807, 2.05) is 11.0 Å². The fraction of sp³-hybridized carbons (Fsp3) is 0.188. The Hall–Kier alpha value is -2.11. The van der Waals surface area contributed by atoms with Crippen molar-refractivity contribution in [2.24, 2.45) is 0 Å². The molecule has 0 saturated heterocycles. The summed E-state index contributed by atoms with van der Waals surface area (Å²) in [5.74, 6) is 0.503. The van der Waals surface area contributed by atoms with E-state index in [-0.39, 0.29) is 12.5 Å². The molecule has 1 aliphatic heterocycles. The van der Waals surface area contributed by atoms with Crippen LogP contribution in [0.4, 0.5) is 17.1 Å². The van der Waals surface area contributed by atoms with Crippen LogP contribution in [-0.4, -0.2) is 25.6 Å². The molecule has 2 aromatic rings. The highest BCUT2D eigenvalue weighted by atomic mass is 35.5. The predicted molar refractivity (Wildman–Crippen MR) is 93.7 cm³/mol. The molecule has 0 aromatic heterocycles. The van der Waals surface area contributed by atoms with Crippen molar-refractivity contribution < 1.29 is 9.53 Å². The molecule has 1 amide bonds. The molecule has 0 aliphatic carbocycles. The van der Waals surface area contributed by atoms with Crippen molar-refractivity contribution in [2.45, 2.75) is 0 Å². The minimum Gasteiger partial charge on any atom is -0.489 e. The van der Waals surface area contributed by atoms with E-state index in [1.165, 1.54) is 0 Å². The van der Waals surface area contributed by atoms with Crippen LogP contribution in [0.15, 0.2) is 36.4 Å². The van der Waals surface area contributed by atoms with E-state index in [2.05, 4.69) is 5.32 Å². The average molecular weight is 352 g/mol. The molecule has 3 rings (SSSR count). The first kappa shape index (κ1) is 15.8. The largest absolute Gasteiger partial charge is 0.489 e. The van der Waals surface area contributed by atoms with Gasteiger partial charge in [0.1, 0.15) is 12.4 Å². The predicted octanol–water partition coefficient (Wildman–Crippen LogP) is 3.41. The van der Waals surface area contributed by atoms with E-state index in [0.717, 1.165) is 5.69 Å². The molecule has 0 unspecified atom stereocenters. The second-order valence-electron chi connectivity index (χ2n) is 5.17. The smallest absolute Gasteiger partial charge is 0.243 e. The number of carbonyl (C=O) groups is 1. The fourth-order valence-corrected chi connectivity index (χ4v) is 2.75. The molecule has 0 radical (unpaired) electrons. The van der Waals surface area contributed by atoms with E-state index >= 15 is 0 Å². The number of benzene rings is 2. The molecule has 5 nitrogen and oxygen atoms in total. The van der Waals surface area contributed by atoms with Gasteiger partial charge in [-0.25, -0.2) is 0 Å². The summed E-state index contributed by atoms with van der Waals surface area (Å²) in [5, 5.41) is 3.73. The quantitative estimate of drug-likeness (QED) is 0.831. The van der Waals surface area contributed by atoms with Gasteiger partial charge in [0.15, 0.2) is 0 Å². The molecule has 0 spiro atoms. The maximum Gasteiger partial charge on any atom is 0.243 e. The number of nitrogens with two attached hydrogens (primary N) is 1. The van der Waals surface area contributed by atoms with Crippen LogP contribution >= 0.6 is 23.2 Å². The normalized spacial score (nSPS) is 13.2. The van der Waals surface area contributed by atoms with Crippen LogP contribution in [0, 0.1) is 0 Å². The highest BCUT2D eigenvalue weighted by Crippen LogP contribution is 2.33. The minimum absolute atomic E-state index is 0.182. The van der Waals surface area contributed by atoms with Crippen LogP contribution in [0.5, 0.6) is 5.75 Å². The van der Waals surface area contributed by atoms with E-state index in [1.54, 1.807) is 30.3 Å². The second kappa shape index (κ2) is 6.56. The molecule has 0 atom stereocenters. The Morgan fingerprint density at radius 1 is 1.26 bits per heavy atom. The van der Waals surface area contributed by atoms with E-state index < -0.39 is 0 Å². The first-order valence-electron chi connectivity index (χ1n) is 7.05. The van der Waals surface area contributed by atoms with Crippen molar-refractivity contribution in [3.05, 3.63) is 46.4 Å². The van der Waals surface area contributed by atoms with E-state index in [9.17, 15) is 4.79 Å². The Morgan fingerprint density at radius 2 is 2.09 bits per heavy atom. The van der Waals surface area contributed by atoms with Crippen molar-refractivity contribution in [3.63, 3.8) is 0 Å². The molecule has 23 heavy (non-hydrogen) atoms. The first-order chi connectivity index (χ1) is 11.0. The Bertz CT molecular complexity index is 752. The Kier molecular flexibility index (Phi) is 4.50. The number of nitrogen functional groups attached to an aromatic ring is 1. The number of anilines is 3. The van der Waals surface area contributed by atoms with Crippen molar-refractivity contribution in [1.82, 2.24) is 0 Å². The third-order valence-corrected chi connectivity index (χ3v) is 4.04. The number of rotatable bonds is 3. The van der Waals surface area contributed by atoms with Crippen molar-refractivity contribution in [2.75, 3.05) is 35.6 Å². The van der Waals surface area contributed by atoms with E-state index in [0.29, 0.717) is 40.3 Å². The van der Waals surface area contributed by atoms with Crippen molar-refractivity contribution >= 4 is 46.2 Å². The molecular formula is C16H15Cl2N3O2. The lowest BCUT2D eigenvalue weighted by Crippen LogP contribution is -2.38. The number of amides is 1. The maximum atomic E-state index is 12.3. The summed E-state index contributed by atoms with van der Waals surface area (Å²) in [6.45, 7) is 1.30. The summed E-state index contributed by atoms with van der Waals surface area (Å²) >= 11 is 12.0. The topological polar surface area (TPSA) is 67.6 Å². The van der Waals surface area contributed by atoms with Gasteiger partial charge in [-0.1, -0.05) is 23.2 Å². The third-order valence-electron chi connectivity index (χ3n) is 3.48. The number of fused-ring (bicyclic) bond motifs is 1. The zero-order chi connectivity index (χ0) is 16.4. The number of nitrogens with one attached hydrogen (secondary N) is 1. The summed E-state index contributed by atoms with van der Waals surface area (Å²) in [6.07, 6.45) is 0. The maximum absolute atomic E-state index is 12.3. The average Bonchev–Trinajstić information content (AvgIpc) is 2.51. The highest BCUT2D eigenvalue weighted by Gasteiger charge is 2.20. The molecule has 1 heterocycles. The van der Waals surface area contributed by atoms with Crippen LogP contribution in [0.25, 0.3) is 0 Å². The van der Waals surface area contributed by atoms with Crippen LogP contribution in [0.1, 0.15) is 0 Å². The van der Waals surface area contributed by atoms with Crippen LogP contribution in [0.3, 0.4) is 0 Å².